The molecule has 2 aromatic rings. The fourth-order valence-electron chi connectivity index (χ4n) is 2.82. The number of nitrogens with zero attached hydrogens (tertiary/aromatic N) is 4. The van der Waals surface area contributed by atoms with E-state index in [-0.39, 0.29) is 11.9 Å². The number of hydrogen-bond acceptors (Lipinski definition) is 4. The summed E-state index contributed by atoms with van der Waals surface area (Å²) in [5, 5.41) is 3.16. The van der Waals surface area contributed by atoms with Crippen LogP contribution in [0.5, 0.6) is 0 Å². The maximum atomic E-state index is 12.4. The van der Waals surface area contributed by atoms with Crippen LogP contribution >= 0.6 is 0 Å². The van der Waals surface area contributed by atoms with Crippen LogP contribution in [0.1, 0.15) is 30.3 Å². The number of hydrogen-bond donors (Lipinski definition) is 1. The highest BCUT2D eigenvalue weighted by molar-refractivity contribution is 5.78. The Bertz CT molecular complexity index is 650. The van der Waals surface area contributed by atoms with Gasteiger partial charge in [0.15, 0.2) is 0 Å². The molecule has 1 aliphatic rings. The van der Waals surface area contributed by atoms with Gasteiger partial charge in [0, 0.05) is 38.4 Å². The van der Waals surface area contributed by atoms with Crippen LogP contribution in [-0.4, -0.2) is 38.9 Å². The summed E-state index contributed by atoms with van der Waals surface area (Å²) in [5.74, 6) is 1.50. The van der Waals surface area contributed by atoms with E-state index in [1.165, 1.54) is 0 Å². The summed E-state index contributed by atoms with van der Waals surface area (Å²) >= 11 is 0. The molecular weight excluding hydrogens is 290 g/mol. The molecule has 0 spiro atoms. The van der Waals surface area contributed by atoms with E-state index in [1.54, 1.807) is 12.4 Å². The van der Waals surface area contributed by atoms with Crippen LogP contribution in [0, 0.1) is 5.92 Å². The van der Waals surface area contributed by atoms with Gasteiger partial charge in [-0.1, -0.05) is 6.07 Å². The molecule has 1 N–H and O–H groups in total. The topological polar surface area (TPSA) is 63.1 Å². The molecule has 2 aromatic heterocycles. The van der Waals surface area contributed by atoms with Crippen LogP contribution in [0.15, 0.2) is 36.9 Å². The Kier molecular flexibility index (Phi) is 4.71. The monoisotopic (exact) mass is 313 g/mol. The highest BCUT2D eigenvalue weighted by atomic mass is 16.2. The van der Waals surface area contributed by atoms with Crippen molar-refractivity contribution in [1.82, 2.24) is 24.8 Å². The van der Waals surface area contributed by atoms with E-state index in [0.717, 1.165) is 24.2 Å². The molecular formula is C17H23N5O. The summed E-state index contributed by atoms with van der Waals surface area (Å²) in [6.45, 7) is 1.07. The summed E-state index contributed by atoms with van der Waals surface area (Å²) in [6, 6.07) is 3.95. The quantitative estimate of drug-likeness (QED) is 0.842. The molecule has 23 heavy (non-hydrogen) atoms. The highest BCUT2D eigenvalue weighted by Gasteiger charge is 2.35. The van der Waals surface area contributed by atoms with Crippen molar-refractivity contribution in [3.05, 3.63) is 48.3 Å². The second kappa shape index (κ2) is 6.91. The second-order valence-electron chi connectivity index (χ2n) is 6.31. The van der Waals surface area contributed by atoms with E-state index >= 15 is 0 Å². The van der Waals surface area contributed by atoms with Gasteiger partial charge in [-0.05, 0) is 37.4 Å². The van der Waals surface area contributed by atoms with Crippen molar-refractivity contribution in [3.8, 4) is 0 Å². The molecule has 1 saturated carbocycles. The van der Waals surface area contributed by atoms with Crippen LogP contribution in [0.4, 0.5) is 0 Å². The Morgan fingerprint density at radius 3 is 2.91 bits per heavy atom. The van der Waals surface area contributed by atoms with Crippen LogP contribution in [0.2, 0.25) is 0 Å². The maximum absolute atomic E-state index is 12.4. The lowest BCUT2D eigenvalue weighted by Crippen LogP contribution is -2.38. The van der Waals surface area contributed by atoms with Crippen molar-refractivity contribution < 1.29 is 4.79 Å². The van der Waals surface area contributed by atoms with Crippen LogP contribution in [-0.2, 0) is 18.4 Å². The molecule has 3 rings (SSSR count). The summed E-state index contributed by atoms with van der Waals surface area (Å²) < 4.78 is 1.99. The van der Waals surface area contributed by atoms with E-state index in [0.29, 0.717) is 19.0 Å². The Hall–Kier alpha value is -2.21. The zero-order chi connectivity index (χ0) is 16.2. The number of amides is 1. The molecule has 1 fully saturated rings. The minimum atomic E-state index is 0.0225. The third kappa shape index (κ3) is 4.16. The molecule has 1 atom stereocenters. The fourth-order valence-corrected chi connectivity index (χ4v) is 2.82. The molecule has 0 aromatic carbocycles. The molecule has 0 saturated heterocycles. The van der Waals surface area contributed by atoms with Crippen LogP contribution in [0.25, 0.3) is 0 Å². The minimum absolute atomic E-state index is 0.0225. The van der Waals surface area contributed by atoms with Crippen molar-refractivity contribution in [2.75, 3.05) is 13.6 Å². The van der Waals surface area contributed by atoms with E-state index in [9.17, 15) is 4.79 Å². The first kappa shape index (κ1) is 15.7. The van der Waals surface area contributed by atoms with Gasteiger partial charge < -0.3 is 9.88 Å². The molecule has 6 heteroatoms. The van der Waals surface area contributed by atoms with E-state index in [2.05, 4.69) is 15.3 Å². The standard InChI is InChI=1S/C17H23N5O/c1-21(11-13-4-3-7-18-10-13)12-15(23)20-16(14-5-6-14)17-19-8-9-22(17)2/h3-4,7-10,14,16H,5-6,11-12H2,1-2H3,(H,20,23)/t16-/m0/s1. The van der Waals surface area contributed by atoms with Gasteiger partial charge in [-0.3, -0.25) is 14.7 Å². The van der Waals surface area contributed by atoms with Crippen molar-refractivity contribution in [2.24, 2.45) is 13.0 Å². The number of likely N-dealkylation sites (N-methyl/N-ethyl adjacent to an activating group) is 1. The number of carbonyl (C=O) groups excluding carboxylic acids is 1. The van der Waals surface area contributed by atoms with Crippen LogP contribution in [0.3, 0.4) is 0 Å². The van der Waals surface area contributed by atoms with E-state index in [4.69, 9.17) is 0 Å². The Labute approximate surface area is 136 Å². The Morgan fingerprint density at radius 2 is 2.30 bits per heavy atom. The Morgan fingerprint density at radius 1 is 1.48 bits per heavy atom. The lowest BCUT2D eigenvalue weighted by Gasteiger charge is -2.21. The normalized spacial score (nSPS) is 15.6. The molecule has 122 valence electrons. The SMILES string of the molecule is CN(CC(=O)N[C@H](c1nccn1C)C1CC1)Cc1cccnc1. The van der Waals surface area contributed by atoms with Crippen molar-refractivity contribution in [1.29, 1.82) is 0 Å². The predicted octanol–water partition coefficient (Wildman–Crippen LogP) is 1.51. The third-order valence-electron chi connectivity index (χ3n) is 4.14. The van der Waals surface area contributed by atoms with Crippen molar-refractivity contribution >= 4 is 5.91 Å². The summed E-state index contributed by atoms with van der Waals surface area (Å²) in [6.07, 6.45) is 9.60. The number of imidazole rings is 1. The second-order valence-corrected chi connectivity index (χ2v) is 6.31. The smallest absolute Gasteiger partial charge is 0.234 e. The number of pyridine rings is 1. The minimum Gasteiger partial charge on any atom is -0.345 e. The average Bonchev–Trinajstić information content (AvgIpc) is 3.27. The lowest BCUT2D eigenvalue weighted by atomic mass is 10.1. The first-order valence-electron chi connectivity index (χ1n) is 7.97. The number of rotatable bonds is 7. The van der Waals surface area contributed by atoms with Gasteiger partial charge >= 0.3 is 0 Å². The molecule has 2 heterocycles. The molecule has 1 amide bonds. The predicted molar refractivity (Wildman–Crippen MR) is 87.4 cm³/mol. The molecule has 0 radical (unpaired) electrons. The van der Waals surface area contributed by atoms with E-state index in [1.807, 2.05) is 48.1 Å². The molecule has 0 unspecified atom stereocenters. The zero-order valence-electron chi connectivity index (χ0n) is 13.6. The largest absolute Gasteiger partial charge is 0.345 e. The van der Waals surface area contributed by atoms with Gasteiger partial charge in [0.2, 0.25) is 5.91 Å². The number of nitrogens with one attached hydrogen (secondary N) is 1. The Balaban J connectivity index is 1.56. The average molecular weight is 313 g/mol. The number of aryl methyl sites for hydroxylation is 1. The van der Waals surface area contributed by atoms with E-state index < -0.39 is 0 Å². The lowest BCUT2D eigenvalue weighted by molar-refractivity contribution is -0.123. The fraction of sp³-hybridized carbons (Fsp3) is 0.471. The highest BCUT2D eigenvalue weighted by Crippen LogP contribution is 2.40. The maximum Gasteiger partial charge on any atom is 0.234 e. The first-order chi connectivity index (χ1) is 11.1. The number of aromatic nitrogens is 3. The van der Waals surface area contributed by atoms with Gasteiger partial charge in [-0.15, -0.1) is 0 Å². The number of carbonyl (C=O) groups is 1. The van der Waals surface area contributed by atoms with Crippen molar-refractivity contribution in [2.45, 2.75) is 25.4 Å². The zero-order valence-corrected chi connectivity index (χ0v) is 13.6. The van der Waals surface area contributed by atoms with Crippen LogP contribution < -0.4 is 5.32 Å². The molecule has 6 nitrogen and oxygen atoms in total. The first-order valence-corrected chi connectivity index (χ1v) is 7.97. The summed E-state index contributed by atoms with van der Waals surface area (Å²) in [5.41, 5.74) is 1.10. The molecule has 1 aliphatic carbocycles. The van der Waals surface area contributed by atoms with Gasteiger partial charge in [-0.25, -0.2) is 4.98 Å². The summed E-state index contributed by atoms with van der Waals surface area (Å²) in [4.78, 5) is 22.9. The van der Waals surface area contributed by atoms with Crippen molar-refractivity contribution in [3.63, 3.8) is 0 Å². The van der Waals surface area contributed by atoms with Gasteiger partial charge in [0.25, 0.3) is 0 Å². The van der Waals surface area contributed by atoms with Gasteiger partial charge in [0.1, 0.15) is 5.82 Å². The molecule has 0 aliphatic heterocycles. The molecule has 0 bridgehead atoms. The third-order valence-corrected chi connectivity index (χ3v) is 4.14. The van der Waals surface area contributed by atoms with Gasteiger partial charge in [-0.2, -0.15) is 0 Å². The summed E-state index contributed by atoms with van der Waals surface area (Å²) in [7, 11) is 3.91. The van der Waals surface area contributed by atoms with Gasteiger partial charge in [0.05, 0.1) is 12.6 Å².